The SMILES string of the molecule is CCC/C=C(/CCCNCCC)CCS(=O)(=O)O. The molecule has 0 heterocycles. The molecule has 0 radical (unpaired) electrons. The number of unbranched alkanes of at least 4 members (excludes halogenated alkanes) is 1. The first-order valence-corrected chi connectivity index (χ1v) is 8.44. The minimum absolute atomic E-state index is 0.162. The second-order valence-electron chi connectivity index (χ2n) is 4.54. The molecule has 0 rings (SSSR count). The van der Waals surface area contributed by atoms with Gasteiger partial charge in [0.25, 0.3) is 10.1 Å². The molecule has 0 aromatic heterocycles. The van der Waals surface area contributed by atoms with Gasteiger partial charge in [-0.25, -0.2) is 0 Å². The fourth-order valence-electron chi connectivity index (χ4n) is 1.68. The Hall–Kier alpha value is -0.390. The minimum Gasteiger partial charge on any atom is -0.317 e. The molecule has 0 aromatic rings. The maximum absolute atomic E-state index is 10.7. The average molecular weight is 277 g/mol. The van der Waals surface area contributed by atoms with Gasteiger partial charge in [-0.2, -0.15) is 8.42 Å². The number of nitrogens with one attached hydrogen (secondary N) is 1. The van der Waals surface area contributed by atoms with Crippen molar-refractivity contribution in [2.45, 2.75) is 52.4 Å². The molecule has 0 aliphatic carbocycles. The molecule has 0 atom stereocenters. The number of allylic oxidation sites excluding steroid dienone is 2. The third-order valence-corrected chi connectivity index (χ3v) is 3.40. The average Bonchev–Trinajstić information content (AvgIpc) is 2.30. The van der Waals surface area contributed by atoms with E-state index < -0.39 is 10.1 Å². The molecule has 0 aliphatic rings. The second kappa shape index (κ2) is 10.5. The predicted octanol–water partition coefficient (Wildman–Crippen LogP) is 2.77. The van der Waals surface area contributed by atoms with Gasteiger partial charge in [0.15, 0.2) is 0 Å². The first-order valence-electron chi connectivity index (χ1n) is 6.83. The van der Waals surface area contributed by atoms with Crippen LogP contribution in [-0.4, -0.2) is 31.8 Å². The normalized spacial score (nSPS) is 12.9. The van der Waals surface area contributed by atoms with Crippen LogP contribution in [0.1, 0.15) is 52.4 Å². The summed E-state index contributed by atoms with van der Waals surface area (Å²) in [6.45, 7) is 6.22. The lowest BCUT2D eigenvalue weighted by Crippen LogP contribution is -2.16. The van der Waals surface area contributed by atoms with Gasteiger partial charge >= 0.3 is 0 Å². The Morgan fingerprint density at radius 3 is 2.44 bits per heavy atom. The highest BCUT2D eigenvalue weighted by Crippen LogP contribution is 2.12. The summed E-state index contributed by atoms with van der Waals surface area (Å²) in [5, 5.41) is 3.32. The van der Waals surface area contributed by atoms with Gasteiger partial charge in [-0.1, -0.05) is 31.9 Å². The molecule has 18 heavy (non-hydrogen) atoms. The zero-order chi connectivity index (χ0) is 13.9. The van der Waals surface area contributed by atoms with Gasteiger partial charge in [0, 0.05) is 0 Å². The van der Waals surface area contributed by atoms with Gasteiger partial charge in [-0.3, -0.25) is 4.55 Å². The molecule has 2 N–H and O–H groups in total. The molecule has 0 fully saturated rings. The van der Waals surface area contributed by atoms with E-state index in [9.17, 15) is 8.42 Å². The molecule has 0 unspecified atom stereocenters. The van der Waals surface area contributed by atoms with E-state index in [4.69, 9.17) is 4.55 Å². The fraction of sp³-hybridized carbons (Fsp3) is 0.846. The van der Waals surface area contributed by atoms with Gasteiger partial charge in [-0.15, -0.1) is 0 Å². The smallest absolute Gasteiger partial charge is 0.265 e. The molecule has 5 heteroatoms. The standard InChI is InChI=1S/C13H27NO3S/c1-3-5-7-13(9-12-18(15,16)17)8-6-11-14-10-4-2/h7,14H,3-6,8-12H2,1-2H3,(H,15,16,17)/b13-7-. The monoisotopic (exact) mass is 277 g/mol. The van der Waals surface area contributed by atoms with E-state index in [1.54, 1.807) is 0 Å². The third kappa shape index (κ3) is 12.1. The Balaban J connectivity index is 4.00. The Kier molecular flexibility index (Phi) is 10.3. The number of hydrogen-bond donors (Lipinski definition) is 2. The van der Waals surface area contributed by atoms with Gasteiger partial charge in [0.2, 0.25) is 0 Å². The maximum atomic E-state index is 10.7. The quantitative estimate of drug-likeness (QED) is 0.346. The predicted molar refractivity (Wildman–Crippen MR) is 76.4 cm³/mol. The summed E-state index contributed by atoms with van der Waals surface area (Å²) in [7, 11) is -3.84. The van der Waals surface area contributed by atoms with E-state index >= 15 is 0 Å². The van der Waals surface area contributed by atoms with Crippen LogP contribution in [-0.2, 0) is 10.1 Å². The molecule has 0 saturated heterocycles. The summed E-state index contributed by atoms with van der Waals surface area (Å²) in [6.07, 6.45) is 7.65. The Bertz CT molecular complexity index is 323. The summed E-state index contributed by atoms with van der Waals surface area (Å²) in [6, 6.07) is 0. The molecule has 4 nitrogen and oxygen atoms in total. The first kappa shape index (κ1) is 17.6. The maximum Gasteiger partial charge on any atom is 0.265 e. The van der Waals surface area contributed by atoms with E-state index in [0.717, 1.165) is 50.8 Å². The summed E-state index contributed by atoms with van der Waals surface area (Å²) in [4.78, 5) is 0. The van der Waals surface area contributed by atoms with Crippen LogP contribution in [0.25, 0.3) is 0 Å². The van der Waals surface area contributed by atoms with Crippen molar-refractivity contribution in [3.8, 4) is 0 Å². The summed E-state index contributed by atoms with van der Waals surface area (Å²) in [5.41, 5.74) is 1.15. The fourth-order valence-corrected chi connectivity index (χ4v) is 2.20. The lowest BCUT2D eigenvalue weighted by molar-refractivity contribution is 0.482. The van der Waals surface area contributed by atoms with Crippen molar-refractivity contribution in [1.82, 2.24) is 5.32 Å². The van der Waals surface area contributed by atoms with Gasteiger partial charge in [0.05, 0.1) is 5.75 Å². The summed E-state index contributed by atoms with van der Waals surface area (Å²) >= 11 is 0. The Morgan fingerprint density at radius 1 is 1.17 bits per heavy atom. The van der Waals surface area contributed by atoms with Gasteiger partial charge in [0.1, 0.15) is 0 Å². The molecule has 0 amide bonds. The molecule has 0 aliphatic heterocycles. The topological polar surface area (TPSA) is 66.4 Å². The lowest BCUT2D eigenvalue weighted by atomic mass is 10.1. The van der Waals surface area contributed by atoms with Crippen LogP contribution in [0.5, 0.6) is 0 Å². The van der Waals surface area contributed by atoms with E-state index in [0.29, 0.717) is 6.42 Å². The summed E-state index contributed by atoms with van der Waals surface area (Å²) in [5.74, 6) is -0.162. The molecule has 108 valence electrons. The van der Waals surface area contributed by atoms with Crippen LogP contribution in [0.2, 0.25) is 0 Å². The van der Waals surface area contributed by atoms with Crippen molar-refractivity contribution in [2.24, 2.45) is 0 Å². The highest BCUT2D eigenvalue weighted by Gasteiger charge is 2.06. The van der Waals surface area contributed by atoms with Gasteiger partial charge in [-0.05, 0) is 45.2 Å². The molecule has 0 aromatic carbocycles. The molecule has 0 bridgehead atoms. The largest absolute Gasteiger partial charge is 0.317 e. The lowest BCUT2D eigenvalue weighted by Gasteiger charge is -2.07. The molecule has 0 spiro atoms. The zero-order valence-electron chi connectivity index (χ0n) is 11.6. The number of rotatable bonds is 11. The van der Waals surface area contributed by atoms with E-state index in [1.807, 2.05) is 0 Å². The van der Waals surface area contributed by atoms with Crippen LogP contribution in [0.3, 0.4) is 0 Å². The van der Waals surface area contributed by atoms with E-state index in [1.165, 1.54) is 0 Å². The van der Waals surface area contributed by atoms with Crippen molar-refractivity contribution in [2.75, 3.05) is 18.8 Å². The highest BCUT2D eigenvalue weighted by molar-refractivity contribution is 7.85. The zero-order valence-corrected chi connectivity index (χ0v) is 12.4. The van der Waals surface area contributed by atoms with Crippen molar-refractivity contribution in [3.63, 3.8) is 0 Å². The Morgan fingerprint density at radius 2 is 1.89 bits per heavy atom. The number of hydrogen-bond acceptors (Lipinski definition) is 3. The van der Waals surface area contributed by atoms with E-state index in [2.05, 4.69) is 25.2 Å². The van der Waals surface area contributed by atoms with Crippen molar-refractivity contribution in [3.05, 3.63) is 11.6 Å². The van der Waals surface area contributed by atoms with Gasteiger partial charge < -0.3 is 5.32 Å². The van der Waals surface area contributed by atoms with Crippen LogP contribution < -0.4 is 5.32 Å². The minimum atomic E-state index is -3.84. The van der Waals surface area contributed by atoms with Crippen molar-refractivity contribution in [1.29, 1.82) is 0 Å². The molecule has 0 saturated carbocycles. The van der Waals surface area contributed by atoms with Crippen molar-refractivity contribution < 1.29 is 13.0 Å². The van der Waals surface area contributed by atoms with Crippen LogP contribution in [0.4, 0.5) is 0 Å². The third-order valence-electron chi connectivity index (χ3n) is 2.68. The highest BCUT2D eigenvalue weighted by atomic mass is 32.2. The van der Waals surface area contributed by atoms with Crippen LogP contribution in [0.15, 0.2) is 11.6 Å². The van der Waals surface area contributed by atoms with Crippen LogP contribution >= 0.6 is 0 Å². The van der Waals surface area contributed by atoms with Crippen LogP contribution in [0, 0.1) is 0 Å². The Labute approximate surface area is 112 Å². The second-order valence-corrected chi connectivity index (χ2v) is 6.11. The van der Waals surface area contributed by atoms with E-state index in [-0.39, 0.29) is 5.75 Å². The first-order chi connectivity index (χ1) is 8.49. The van der Waals surface area contributed by atoms with Crippen molar-refractivity contribution >= 4 is 10.1 Å². The molecular weight excluding hydrogens is 250 g/mol. The summed E-state index contributed by atoms with van der Waals surface area (Å²) < 4.78 is 30.2. The molecular formula is C13H27NO3S.